The van der Waals surface area contributed by atoms with Crippen molar-refractivity contribution < 1.29 is 13.9 Å². The molecule has 2 rings (SSSR count). The van der Waals surface area contributed by atoms with Gasteiger partial charge in [0.15, 0.2) is 0 Å². The minimum Gasteiger partial charge on any atom is -0.496 e. The number of nitrogen functional groups attached to an aromatic ring is 1. The minimum atomic E-state index is -0.570. The van der Waals surface area contributed by atoms with Gasteiger partial charge in [0.05, 0.1) is 18.4 Å². The molecule has 0 fully saturated rings. The molecule has 0 aliphatic rings. The molecule has 0 unspecified atom stereocenters. The van der Waals surface area contributed by atoms with E-state index in [9.17, 15) is 9.18 Å². The van der Waals surface area contributed by atoms with Gasteiger partial charge in [0, 0.05) is 5.69 Å². The number of amides is 1. The maximum atomic E-state index is 13.3. The van der Waals surface area contributed by atoms with Crippen LogP contribution in [-0.2, 0) is 0 Å². The number of rotatable bonds is 3. The lowest BCUT2D eigenvalue weighted by molar-refractivity contribution is 0.102. The Balaban J connectivity index is 2.27. The van der Waals surface area contributed by atoms with Gasteiger partial charge in [0.1, 0.15) is 11.6 Å². The molecular weight excluding hydrogens is 259 g/mol. The predicted molar refractivity (Wildman–Crippen MR) is 76.5 cm³/mol. The molecule has 2 aromatic carbocycles. The van der Waals surface area contributed by atoms with Crippen molar-refractivity contribution in [2.45, 2.75) is 6.92 Å². The smallest absolute Gasteiger partial charge is 0.259 e. The summed E-state index contributed by atoms with van der Waals surface area (Å²) in [5, 5.41) is 2.61. The zero-order valence-electron chi connectivity index (χ0n) is 11.2. The van der Waals surface area contributed by atoms with Crippen LogP contribution in [0.1, 0.15) is 15.9 Å². The quantitative estimate of drug-likeness (QED) is 0.846. The molecule has 0 heterocycles. The number of benzene rings is 2. The Labute approximate surface area is 116 Å². The third-order valence-corrected chi connectivity index (χ3v) is 2.86. The fourth-order valence-electron chi connectivity index (χ4n) is 1.80. The van der Waals surface area contributed by atoms with Gasteiger partial charge in [0.2, 0.25) is 0 Å². The second-order valence-electron chi connectivity index (χ2n) is 4.39. The van der Waals surface area contributed by atoms with Gasteiger partial charge < -0.3 is 15.8 Å². The molecule has 2 aromatic rings. The van der Waals surface area contributed by atoms with E-state index in [1.54, 1.807) is 18.2 Å². The Hall–Kier alpha value is -2.56. The molecule has 1 amide bonds. The molecule has 20 heavy (non-hydrogen) atoms. The zero-order chi connectivity index (χ0) is 14.7. The van der Waals surface area contributed by atoms with E-state index in [-0.39, 0.29) is 11.6 Å². The van der Waals surface area contributed by atoms with Crippen molar-refractivity contribution >= 4 is 17.3 Å². The molecule has 0 aliphatic carbocycles. The zero-order valence-corrected chi connectivity index (χ0v) is 11.2. The average molecular weight is 274 g/mol. The molecule has 0 aliphatic heterocycles. The fraction of sp³-hybridized carbons (Fsp3) is 0.133. The van der Waals surface area contributed by atoms with Gasteiger partial charge in [-0.3, -0.25) is 4.79 Å². The normalized spacial score (nSPS) is 10.2. The Morgan fingerprint density at radius 1 is 1.25 bits per heavy atom. The molecule has 0 saturated heterocycles. The van der Waals surface area contributed by atoms with Crippen LogP contribution in [0.5, 0.6) is 5.75 Å². The van der Waals surface area contributed by atoms with Crippen molar-refractivity contribution in [3.63, 3.8) is 0 Å². The SMILES string of the molecule is COc1ccc(C)cc1C(=O)Nc1ccc(N)c(F)c1. The largest absolute Gasteiger partial charge is 0.496 e. The highest BCUT2D eigenvalue weighted by Gasteiger charge is 2.13. The summed E-state index contributed by atoms with van der Waals surface area (Å²) in [6.45, 7) is 1.87. The summed E-state index contributed by atoms with van der Waals surface area (Å²) in [6, 6.07) is 9.39. The molecule has 3 N–H and O–H groups in total. The van der Waals surface area contributed by atoms with Crippen LogP contribution in [0.2, 0.25) is 0 Å². The monoisotopic (exact) mass is 274 g/mol. The number of hydrogen-bond acceptors (Lipinski definition) is 3. The summed E-state index contributed by atoms with van der Waals surface area (Å²) in [7, 11) is 1.49. The first kappa shape index (κ1) is 13.9. The van der Waals surface area contributed by atoms with Crippen LogP contribution in [0.4, 0.5) is 15.8 Å². The number of carbonyl (C=O) groups excluding carboxylic acids is 1. The summed E-state index contributed by atoms with van der Waals surface area (Å²) >= 11 is 0. The van der Waals surface area contributed by atoms with E-state index in [4.69, 9.17) is 10.5 Å². The molecule has 0 spiro atoms. The first-order valence-electron chi connectivity index (χ1n) is 6.02. The van der Waals surface area contributed by atoms with Gasteiger partial charge in [-0.25, -0.2) is 4.39 Å². The number of methoxy groups -OCH3 is 1. The minimum absolute atomic E-state index is 0.0381. The molecule has 4 nitrogen and oxygen atoms in total. The maximum absolute atomic E-state index is 13.3. The predicted octanol–water partition coefficient (Wildman–Crippen LogP) is 2.98. The highest BCUT2D eigenvalue weighted by Crippen LogP contribution is 2.22. The first-order valence-corrected chi connectivity index (χ1v) is 6.02. The first-order chi connectivity index (χ1) is 9.51. The molecule has 0 radical (unpaired) electrons. The standard InChI is InChI=1S/C15H15FN2O2/c1-9-3-6-14(20-2)11(7-9)15(19)18-10-4-5-13(17)12(16)8-10/h3-8H,17H2,1-2H3,(H,18,19). The van der Waals surface area contributed by atoms with Crippen molar-refractivity contribution in [1.82, 2.24) is 0 Å². The maximum Gasteiger partial charge on any atom is 0.259 e. The third-order valence-electron chi connectivity index (χ3n) is 2.86. The molecule has 104 valence electrons. The van der Waals surface area contributed by atoms with E-state index < -0.39 is 5.82 Å². The number of nitrogens with two attached hydrogens (primary N) is 1. The summed E-state index contributed by atoms with van der Waals surface area (Å²) in [4.78, 5) is 12.2. The van der Waals surface area contributed by atoms with Crippen LogP contribution in [0.3, 0.4) is 0 Å². The van der Waals surface area contributed by atoms with Gasteiger partial charge in [-0.05, 0) is 37.3 Å². The lowest BCUT2D eigenvalue weighted by atomic mass is 10.1. The van der Waals surface area contributed by atoms with Gasteiger partial charge in [0.25, 0.3) is 5.91 Å². The van der Waals surface area contributed by atoms with Crippen molar-refractivity contribution in [1.29, 1.82) is 0 Å². The number of aryl methyl sites for hydroxylation is 1. The molecule has 0 aromatic heterocycles. The number of hydrogen-bond donors (Lipinski definition) is 2. The average Bonchev–Trinajstić information content (AvgIpc) is 2.43. The number of carbonyl (C=O) groups is 1. The number of anilines is 2. The fourth-order valence-corrected chi connectivity index (χ4v) is 1.80. The van der Waals surface area contributed by atoms with Gasteiger partial charge in [-0.1, -0.05) is 11.6 Å². The Morgan fingerprint density at radius 3 is 2.65 bits per heavy atom. The highest BCUT2D eigenvalue weighted by molar-refractivity contribution is 6.06. The lowest BCUT2D eigenvalue weighted by Crippen LogP contribution is -2.13. The van der Waals surface area contributed by atoms with Crippen molar-refractivity contribution in [3.8, 4) is 5.75 Å². The number of halogens is 1. The number of nitrogens with one attached hydrogen (secondary N) is 1. The lowest BCUT2D eigenvalue weighted by Gasteiger charge is -2.10. The second-order valence-corrected chi connectivity index (χ2v) is 4.39. The van der Waals surface area contributed by atoms with Crippen LogP contribution < -0.4 is 15.8 Å². The van der Waals surface area contributed by atoms with Crippen LogP contribution >= 0.6 is 0 Å². The van der Waals surface area contributed by atoms with E-state index in [0.717, 1.165) is 5.56 Å². The van der Waals surface area contributed by atoms with Crippen molar-refractivity contribution in [2.24, 2.45) is 0 Å². The van der Waals surface area contributed by atoms with Crippen LogP contribution in [0.15, 0.2) is 36.4 Å². The van der Waals surface area contributed by atoms with Gasteiger partial charge in [-0.2, -0.15) is 0 Å². The van der Waals surface area contributed by atoms with Crippen LogP contribution in [0.25, 0.3) is 0 Å². The number of ether oxygens (including phenoxy) is 1. The van der Waals surface area contributed by atoms with E-state index in [0.29, 0.717) is 17.0 Å². The van der Waals surface area contributed by atoms with E-state index in [1.807, 2.05) is 13.0 Å². The van der Waals surface area contributed by atoms with Crippen molar-refractivity contribution in [3.05, 3.63) is 53.3 Å². The third kappa shape index (κ3) is 2.88. The molecule has 0 bridgehead atoms. The second kappa shape index (κ2) is 5.61. The summed E-state index contributed by atoms with van der Waals surface area (Å²) in [5.74, 6) is -0.474. The van der Waals surface area contributed by atoms with Crippen LogP contribution in [-0.4, -0.2) is 13.0 Å². The highest BCUT2D eigenvalue weighted by atomic mass is 19.1. The Morgan fingerprint density at radius 2 is 2.00 bits per heavy atom. The molecular formula is C15H15FN2O2. The van der Waals surface area contributed by atoms with Crippen molar-refractivity contribution in [2.75, 3.05) is 18.2 Å². The van der Waals surface area contributed by atoms with Crippen LogP contribution in [0, 0.1) is 12.7 Å². The summed E-state index contributed by atoms with van der Waals surface area (Å²) in [5.41, 5.74) is 7.09. The van der Waals surface area contributed by atoms with E-state index in [1.165, 1.54) is 19.2 Å². The van der Waals surface area contributed by atoms with Gasteiger partial charge in [-0.15, -0.1) is 0 Å². The molecule has 0 atom stereocenters. The summed E-state index contributed by atoms with van der Waals surface area (Å²) < 4.78 is 18.5. The topological polar surface area (TPSA) is 64.3 Å². The Bertz CT molecular complexity index is 656. The molecule has 5 heteroatoms. The van der Waals surface area contributed by atoms with E-state index >= 15 is 0 Å². The van der Waals surface area contributed by atoms with Gasteiger partial charge >= 0.3 is 0 Å². The Kier molecular flexibility index (Phi) is 3.89. The molecule has 0 saturated carbocycles. The van der Waals surface area contributed by atoms with E-state index in [2.05, 4.69) is 5.32 Å². The summed E-state index contributed by atoms with van der Waals surface area (Å²) in [6.07, 6.45) is 0.